The van der Waals surface area contributed by atoms with E-state index >= 15 is 0 Å². The molecule has 6 rings (SSSR count). The molecule has 2 saturated heterocycles. The highest BCUT2D eigenvalue weighted by Gasteiger charge is 2.59. The average Bonchev–Trinajstić information content (AvgIpc) is 3.36. The minimum atomic E-state index is -0.570. The summed E-state index contributed by atoms with van der Waals surface area (Å²) < 4.78 is 12.3. The fraction of sp³-hybridized carbons (Fsp3) is 0.548. The third-order valence-electron chi connectivity index (χ3n) is 16.3. The van der Waals surface area contributed by atoms with E-state index in [1.165, 1.54) is 23.3 Å². The van der Waals surface area contributed by atoms with Crippen molar-refractivity contribution in [2.45, 2.75) is 154 Å². The van der Waals surface area contributed by atoms with E-state index < -0.39 is 23.0 Å². The molecule has 4 fully saturated rings. The number of rotatable bonds is 26. The van der Waals surface area contributed by atoms with Crippen molar-refractivity contribution in [2.75, 3.05) is 26.3 Å². The van der Waals surface area contributed by atoms with E-state index in [1.807, 2.05) is 22.3 Å². The predicted octanol–water partition coefficient (Wildman–Crippen LogP) is 14.8. The zero-order valence-electron chi connectivity index (χ0n) is 43.7. The van der Waals surface area contributed by atoms with Crippen LogP contribution in [0.15, 0.2) is 135 Å². The molecule has 0 N–H and O–H groups in total. The summed E-state index contributed by atoms with van der Waals surface area (Å²) in [6, 6.07) is 17.5. The Morgan fingerprint density at radius 1 is 0.629 bits per heavy atom. The Kier molecular flexibility index (Phi) is 21.0. The van der Waals surface area contributed by atoms with Gasteiger partial charge >= 0.3 is 11.9 Å². The number of allylic oxidation sites excluding steroid dienone is 8. The van der Waals surface area contributed by atoms with Crippen molar-refractivity contribution in [1.82, 2.24) is 10.1 Å². The molecule has 4 aliphatic rings. The highest BCUT2D eigenvalue weighted by molar-refractivity contribution is 5.91. The lowest BCUT2D eigenvalue weighted by Crippen LogP contribution is -2.64. The maximum absolute atomic E-state index is 14.2. The van der Waals surface area contributed by atoms with Gasteiger partial charge in [-0.25, -0.2) is 9.59 Å². The van der Waals surface area contributed by atoms with Crippen LogP contribution in [0, 0.1) is 35.5 Å². The third kappa shape index (κ3) is 13.1. The van der Waals surface area contributed by atoms with E-state index in [9.17, 15) is 9.59 Å². The summed E-state index contributed by atoms with van der Waals surface area (Å²) in [5.41, 5.74) is 1.77. The monoisotopic (exact) mass is 955 g/mol. The van der Waals surface area contributed by atoms with Crippen LogP contribution in [0.1, 0.15) is 154 Å². The van der Waals surface area contributed by atoms with Gasteiger partial charge in [-0.05, 0) is 200 Å². The summed E-state index contributed by atoms with van der Waals surface area (Å²) in [5.74, 6) is 3.04. The van der Waals surface area contributed by atoms with Gasteiger partial charge in [0.25, 0.3) is 0 Å². The van der Waals surface area contributed by atoms with Crippen molar-refractivity contribution >= 4 is 11.9 Å². The number of ether oxygens (including phenoxy) is 2. The number of carbonyl (C=O) groups excluding carboxylic acids is 2. The van der Waals surface area contributed by atoms with Gasteiger partial charge in [0.05, 0.1) is 24.3 Å². The van der Waals surface area contributed by atoms with Crippen molar-refractivity contribution in [1.29, 1.82) is 0 Å². The molecule has 2 saturated carbocycles. The molecule has 8 nitrogen and oxygen atoms in total. The molecular weight excluding hydrogens is 869 g/mol. The van der Waals surface area contributed by atoms with Gasteiger partial charge in [-0.2, -0.15) is 0 Å². The smallest absolute Gasteiger partial charge is 0.349 e. The van der Waals surface area contributed by atoms with Crippen LogP contribution in [0.3, 0.4) is 0 Å². The lowest BCUT2D eigenvalue weighted by atomic mass is 9.54. The van der Waals surface area contributed by atoms with Gasteiger partial charge < -0.3 is 19.1 Å². The Morgan fingerprint density at radius 2 is 1.04 bits per heavy atom. The highest BCUT2D eigenvalue weighted by Crippen LogP contribution is 2.59. The van der Waals surface area contributed by atoms with Crippen LogP contribution in [0.5, 0.6) is 11.5 Å². The summed E-state index contributed by atoms with van der Waals surface area (Å²) in [6.07, 6.45) is 36.5. The fourth-order valence-corrected chi connectivity index (χ4v) is 13.1. The molecule has 0 aromatic heterocycles. The molecule has 0 spiro atoms. The van der Waals surface area contributed by atoms with Gasteiger partial charge in [0.1, 0.15) is 11.5 Å². The highest BCUT2D eigenvalue weighted by atomic mass is 16.7. The molecule has 4 bridgehead atoms. The maximum atomic E-state index is 14.2. The van der Waals surface area contributed by atoms with Crippen molar-refractivity contribution in [3.63, 3.8) is 0 Å². The molecule has 8 heteroatoms. The van der Waals surface area contributed by atoms with Gasteiger partial charge in [0.2, 0.25) is 0 Å². The first-order chi connectivity index (χ1) is 34.1. The van der Waals surface area contributed by atoms with E-state index in [0.29, 0.717) is 62.8 Å². The molecule has 380 valence electrons. The summed E-state index contributed by atoms with van der Waals surface area (Å²) in [6.45, 7) is 23.6. The topological polar surface area (TPSA) is 77.5 Å². The molecule has 2 aromatic carbocycles. The number of hydrogen-bond donors (Lipinski definition) is 0. The molecule has 2 aliphatic carbocycles. The van der Waals surface area contributed by atoms with Gasteiger partial charge in [0, 0.05) is 25.2 Å². The average molecular weight is 955 g/mol. The van der Waals surface area contributed by atoms with Crippen LogP contribution < -0.4 is 9.47 Å². The standard InChI is InChI=1S/C62H86N2O6/c1-9-17-21-29-51-41-55(47-27-23-31-53(39-47)67-37-15-7)57-43-61(51,35-13-5)63(45-49(57)25-19-11-3)69-59(65)33-34-60(66)70-64-46-50(26-20-12-4)58-44-62(64,36-14-6)52(30-22-18-10-2)42-56(58)48-28-24-32-54(40-48)68-38-16-8/h9-14,17-20,23-24,27-28,31-34,39-40,49-52,55-58H,5-6,15-16,21-22,25-26,29-30,35-38,41-46H2,1-4,7-8H3/b17-9?,18-10?,19-11?,20-12?,34-33+. The van der Waals surface area contributed by atoms with Crippen LogP contribution in [0.2, 0.25) is 0 Å². The van der Waals surface area contributed by atoms with Crippen LogP contribution >= 0.6 is 0 Å². The number of carbonyl (C=O) groups is 2. The quantitative estimate of drug-likeness (QED) is 0.0682. The molecule has 0 radical (unpaired) electrons. The summed E-state index contributed by atoms with van der Waals surface area (Å²) in [4.78, 5) is 41.4. The van der Waals surface area contributed by atoms with Gasteiger partial charge in [-0.1, -0.05) is 98.9 Å². The van der Waals surface area contributed by atoms with Crippen molar-refractivity contribution in [2.24, 2.45) is 35.5 Å². The second-order valence-electron chi connectivity index (χ2n) is 20.5. The first-order valence-electron chi connectivity index (χ1n) is 26.9. The summed E-state index contributed by atoms with van der Waals surface area (Å²) in [5, 5.41) is 4.01. The second kappa shape index (κ2) is 27.1. The molecule has 0 amide bonds. The van der Waals surface area contributed by atoms with Crippen molar-refractivity contribution in [3.8, 4) is 11.5 Å². The number of benzene rings is 2. The minimum absolute atomic E-state index is 0.223. The molecule has 2 aromatic rings. The van der Waals surface area contributed by atoms with E-state index in [0.717, 1.165) is 88.5 Å². The largest absolute Gasteiger partial charge is 0.494 e. The Morgan fingerprint density at radius 3 is 1.41 bits per heavy atom. The first-order valence-corrected chi connectivity index (χ1v) is 26.9. The van der Waals surface area contributed by atoms with E-state index in [1.54, 1.807) is 0 Å². The van der Waals surface area contributed by atoms with Crippen LogP contribution in [-0.4, -0.2) is 59.4 Å². The Labute approximate surface area is 422 Å². The zero-order chi connectivity index (χ0) is 49.9. The van der Waals surface area contributed by atoms with Crippen molar-refractivity contribution in [3.05, 3.63) is 146 Å². The summed E-state index contributed by atoms with van der Waals surface area (Å²) >= 11 is 0. The third-order valence-corrected chi connectivity index (χ3v) is 16.3. The number of hydroxylamine groups is 4. The molecular formula is C62H86N2O6. The molecule has 70 heavy (non-hydrogen) atoms. The molecule has 10 unspecified atom stereocenters. The lowest BCUT2D eigenvalue weighted by molar-refractivity contribution is -0.265. The van der Waals surface area contributed by atoms with Gasteiger partial charge in [-0.15, -0.1) is 23.3 Å². The zero-order valence-corrected chi connectivity index (χ0v) is 43.7. The van der Waals surface area contributed by atoms with E-state index in [4.69, 9.17) is 19.1 Å². The fourth-order valence-electron chi connectivity index (χ4n) is 13.1. The molecule has 2 heterocycles. The molecule has 2 aliphatic heterocycles. The number of nitrogens with zero attached hydrogens (tertiary/aromatic N) is 2. The minimum Gasteiger partial charge on any atom is -0.494 e. The number of fused-ring (bicyclic) bond motifs is 4. The first kappa shape index (κ1) is 54.4. The molecule has 10 atom stereocenters. The van der Waals surface area contributed by atoms with Crippen LogP contribution in [0.25, 0.3) is 0 Å². The van der Waals surface area contributed by atoms with Crippen LogP contribution in [0.4, 0.5) is 0 Å². The number of hydrogen-bond acceptors (Lipinski definition) is 8. The second-order valence-corrected chi connectivity index (χ2v) is 20.5. The Hall–Kier alpha value is -4.92. The Balaban J connectivity index is 1.26. The normalized spacial score (nSPS) is 29.3. The van der Waals surface area contributed by atoms with E-state index in [2.05, 4.69) is 152 Å². The summed E-state index contributed by atoms with van der Waals surface area (Å²) in [7, 11) is 0. The number of piperidine rings is 2. The van der Waals surface area contributed by atoms with Crippen LogP contribution in [-0.2, 0) is 19.3 Å². The predicted molar refractivity (Wildman–Crippen MR) is 286 cm³/mol. The Bertz CT molecular complexity index is 2010. The van der Waals surface area contributed by atoms with Crippen molar-refractivity contribution < 1.29 is 28.7 Å². The van der Waals surface area contributed by atoms with Gasteiger partial charge in [-0.3, -0.25) is 0 Å². The van der Waals surface area contributed by atoms with Gasteiger partial charge in [0.15, 0.2) is 0 Å². The van der Waals surface area contributed by atoms with E-state index in [-0.39, 0.29) is 23.7 Å². The lowest BCUT2D eigenvalue weighted by Gasteiger charge is -2.60. The maximum Gasteiger partial charge on any atom is 0.349 e. The SMILES string of the molecule is C=CCC12CC(C(CC=CC)CN1OC(=O)/C=C/C(=O)ON1CC(CC=CC)C3CC1(CC=C)C(CCC=CC)CC3c1cccc(OCCC)c1)C(c1cccc(OCCC)c1)CC2CCC=CC.